The number of nitrogens with zero attached hydrogens (tertiary/aromatic N) is 2. The van der Waals surface area contributed by atoms with Crippen LogP contribution in [0.4, 0.5) is 4.79 Å². The topological polar surface area (TPSA) is 55.7 Å². The average molecular weight is 132 g/mol. The van der Waals surface area contributed by atoms with Gasteiger partial charge in [0.2, 0.25) is 0 Å². The standard InChI is InChI=1S/C5H6N2O2.Li/c8-5(9)7-3-1-2-6-4-7;/h1-3H,4H2,(H,8,9);/q;+1/p-1. The summed E-state index contributed by atoms with van der Waals surface area (Å²) in [7, 11) is 0. The molecule has 0 aromatic heterocycles. The number of amides is 1. The Bertz CT molecular complexity index is 178. The molecule has 0 spiro atoms. The van der Waals surface area contributed by atoms with Gasteiger partial charge >= 0.3 is 18.9 Å². The summed E-state index contributed by atoms with van der Waals surface area (Å²) in [6, 6.07) is 0. The van der Waals surface area contributed by atoms with E-state index in [1.807, 2.05) is 0 Å². The van der Waals surface area contributed by atoms with Crippen molar-refractivity contribution in [2.75, 3.05) is 6.67 Å². The van der Waals surface area contributed by atoms with E-state index in [0.29, 0.717) is 0 Å². The van der Waals surface area contributed by atoms with Crippen LogP contribution in [0.3, 0.4) is 0 Å². The van der Waals surface area contributed by atoms with Crippen LogP contribution >= 0.6 is 0 Å². The number of allylic oxidation sites excluding steroid dienone is 1. The van der Waals surface area contributed by atoms with Gasteiger partial charge in [0.05, 0.1) is 0 Å². The Hall–Kier alpha value is -0.723. The van der Waals surface area contributed by atoms with Gasteiger partial charge in [-0.3, -0.25) is 4.99 Å². The first-order valence-electron chi connectivity index (χ1n) is 2.45. The molecular weight excluding hydrogens is 127 g/mol. The summed E-state index contributed by atoms with van der Waals surface area (Å²) >= 11 is 0. The van der Waals surface area contributed by atoms with Crippen LogP contribution < -0.4 is 24.0 Å². The first kappa shape index (κ1) is 9.28. The van der Waals surface area contributed by atoms with Crippen molar-refractivity contribution in [3.63, 3.8) is 0 Å². The molecule has 0 unspecified atom stereocenters. The van der Waals surface area contributed by atoms with Gasteiger partial charge in [-0.05, 0) is 6.08 Å². The van der Waals surface area contributed by atoms with Crippen molar-refractivity contribution in [3.05, 3.63) is 12.3 Å². The third-order valence-electron chi connectivity index (χ3n) is 0.926. The fourth-order valence-corrected chi connectivity index (χ4v) is 0.504. The van der Waals surface area contributed by atoms with E-state index < -0.39 is 6.09 Å². The number of aliphatic imine (C=N–C) groups is 1. The molecule has 0 saturated carbocycles. The summed E-state index contributed by atoms with van der Waals surface area (Å²) in [5.41, 5.74) is 0. The molecule has 0 aromatic rings. The van der Waals surface area contributed by atoms with Crippen LogP contribution in [0.2, 0.25) is 0 Å². The molecule has 0 atom stereocenters. The number of hydrogen-bond acceptors (Lipinski definition) is 3. The number of hydrogen-bond donors (Lipinski definition) is 0. The minimum Gasteiger partial charge on any atom is -0.530 e. The molecule has 0 N–H and O–H groups in total. The Morgan fingerprint density at radius 3 is 2.70 bits per heavy atom. The van der Waals surface area contributed by atoms with E-state index in [1.54, 1.807) is 12.3 Å². The first-order valence-corrected chi connectivity index (χ1v) is 2.45. The smallest absolute Gasteiger partial charge is 0.530 e. The van der Waals surface area contributed by atoms with Crippen LogP contribution in [0.25, 0.3) is 0 Å². The summed E-state index contributed by atoms with van der Waals surface area (Å²) in [4.78, 5) is 14.7. The van der Waals surface area contributed by atoms with Crippen molar-refractivity contribution in [2.24, 2.45) is 4.99 Å². The molecule has 0 aliphatic carbocycles. The molecule has 5 heteroatoms. The number of carboxylic acid groups (broad SMARTS) is 1. The zero-order chi connectivity index (χ0) is 6.69. The molecule has 0 aromatic carbocycles. The van der Waals surface area contributed by atoms with E-state index in [-0.39, 0.29) is 25.5 Å². The fourth-order valence-electron chi connectivity index (χ4n) is 0.504. The monoisotopic (exact) mass is 132 g/mol. The third kappa shape index (κ3) is 2.25. The minimum atomic E-state index is -1.22. The second-order valence-corrected chi connectivity index (χ2v) is 1.55. The summed E-state index contributed by atoms with van der Waals surface area (Å²) in [5, 5.41) is 10.0. The molecule has 1 amide bonds. The summed E-state index contributed by atoms with van der Waals surface area (Å²) < 4.78 is 0. The van der Waals surface area contributed by atoms with Gasteiger partial charge in [0, 0.05) is 12.4 Å². The molecular formula is C5H5LiN2O2. The van der Waals surface area contributed by atoms with E-state index in [1.165, 1.54) is 6.20 Å². The fraction of sp³-hybridized carbons (Fsp3) is 0.200. The van der Waals surface area contributed by atoms with Crippen molar-refractivity contribution in [1.29, 1.82) is 0 Å². The maximum absolute atomic E-state index is 10.0. The largest absolute Gasteiger partial charge is 1.00 e. The van der Waals surface area contributed by atoms with Crippen LogP contribution in [0, 0.1) is 0 Å². The maximum atomic E-state index is 10.0. The summed E-state index contributed by atoms with van der Waals surface area (Å²) in [5.74, 6) is 0. The van der Waals surface area contributed by atoms with Crippen molar-refractivity contribution in [2.45, 2.75) is 0 Å². The van der Waals surface area contributed by atoms with Gasteiger partial charge < -0.3 is 14.8 Å². The van der Waals surface area contributed by atoms with E-state index in [9.17, 15) is 9.90 Å². The van der Waals surface area contributed by atoms with Crippen LogP contribution in [0.5, 0.6) is 0 Å². The van der Waals surface area contributed by atoms with E-state index in [4.69, 9.17) is 0 Å². The molecule has 0 bridgehead atoms. The minimum absolute atomic E-state index is 0. The van der Waals surface area contributed by atoms with Crippen LogP contribution in [0.1, 0.15) is 0 Å². The Morgan fingerprint density at radius 2 is 2.40 bits per heavy atom. The van der Waals surface area contributed by atoms with Crippen molar-refractivity contribution in [1.82, 2.24) is 4.90 Å². The molecule has 0 radical (unpaired) electrons. The zero-order valence-electron chi connectivity index (χ0n) is 5.65. The van der Waals surface area contributed by atoms with Gasteiger partial charge in [0.15, 0.2) is 0 Å². The van der Waals surface area contributed by atoms with E-state index in [2.05, 4.69) is 4.99 Å². The third-order valence-corrected chi connectivity index (χ3v) is 0.926. The molecule has 48 valence electrons. The van der Waals surface area contributed by atoms with Crippen LogP contribution in [0.15, 0.2) is 17.3 Å². The van der Waals surface area contributed by atoms with Crippen LogP contribution in [-0.2, 0) is 0 Å². The maximum Gasteiger partial charge on any atom is 1.00 e. The predicted molar refractivity (Wildman–Crippen MR) is 29.7 cm³/mol. The van der Waals surface area contributed by atoms with Crippen LogP contribution in [-0.4, -0.2) is 23.9 Å². The molecule has 1 heterocycles. The molecule has 10 heavy (non-hydrogen) atoms. The van der Waals surface area contributed by atoms with Crippen molar-refractivity contribution >= 4 is 12.3 Å². The number of carbonyl (C=O) groups is 1. The van der Waals surface area contributed by atoms with Gasteiger partial charge in [-0.2, -0.15) is 0 Å². The van der Waals surface area contributed by atoms with Gasteiger partial charge in [0.1, 0.15) is 12.8 Å². The van der Waals surface area contributed by atoms with Crippen molar-refractivity contribution in [3.8, 4) is 0 Å². The molecule has 0 fully saturated rings. The van der Waals surface area contributed by atoms with E-state index in [0.717, 1.165) is 4.90 Å². The first-order chi connectivity index (χ1) is 4.30. The number of carbonyl (C=O) groups excluding carboxylic acids is 1. The summed E-state index contributed by atoms with van der Waals surface area (Å²) in [6.07, 6.45) is 3.27. The Kier molecular flexibility index (Phi) is 3.85. The SMILES string of the molecule is O=C([O-])N1C=CC=NC1.[Li+]. The molecule has 1 aliphatic heterocycles. The van der Waals surface area contributed by atoms with Gasteiger partial charge in [-0.15, -0.1) is 0 Å². The second kappa shape index (κ2) is 4.15. The Morgan fingerprint density at radius 1 is 1.70 bits per heavy atom. The molecule has 0 saturated heterocycles. The van der Waals surface area contributed by atoms with Gasteiger partial charge in [0.25, 0.3) is 0 Å². The summed E-state index contributed by atoms with van der Waals surface area (Å²) in [6.45, 7) is 0.152. The van der Waals surface area contributed by atoms with Crippen molar-refractivity contribution < 1.29 is 28.8 Å². The zero-order valence-corrected chi connectivity index (χ0v) is 5.65. The molecule has 1 aliphatic rings. The quantitative estimate of drug-likeness (QED) is 0.317. The Labute approximate surface area is 70.4 Å². The van der Waals surface area contributed by atoms with E-state index >= 15 is 0 Å². The Balaban J connectivity index is 0.000000810. The number of rotatable bonds is 0. The van der Waals surface area contributed by atoms with Gasteiger partial charge in [-0.1, -0.05) is 0 Å². The normalized spacial score (nSPS) is 14.6. The molecule has 4 nitrogen and oxygen atoms in total. The average Bonchev–Trinajstić information content (AvgIpc) is 1.90. The second-order valence-electron chi connectivity index (χ2n) is 1.55. The predicted octanol–water partition coefficient (Wildman–Crippen LogP) is -3.81. The van der Waals surface area contributed by atoms with Gasteiger partial charge in [-0.25, -0.2) is 0 Å². The molecule has 1 rings (SSSR count).